The van der Waals surface area contributed by atoms with Crippen molar-refractivity contribution in [3.05, 3.63) is 18.2 Å². The molecule has 1 aromatic heterocycles. The van der Waals surface area contributed by atoms with Crippen LogP contribution in [0.2, 0.25) is 0 Å². The van der Waals surface area contributed by atoms with Crippen molar-refractivity contribution in [3.8, 4) is 0 Å². The van der Waals surface area contributed by atoms with Gasteiger partial charge in [0.2, 0.25) is 0 Å². The molecule has 4 bridgehead atoms. The Hall–Kier alpha value is -1.52. The molecule has 6 rings (SSSR count). The van der Waals surface area contributed by atoms with Gasteiger partial charge in [0.15, 0.2) is 0 Å². The third-order valence-electron chi connectivity index (χ3n) is 7.57. The second-order valence-electron chi connectivity index (χ2n) is 9.48. The number of likely N-dealkylation sites (tertiary alicyclic amines) is 1. The Morgan fingerprint density at radius 3 is 2.58 bits per heavy atom. The minimum Gasteiger partial charge on any atom is -0.335 e. The number of amides is 2. The lowest BCUT2D eigenvalue weighted by Gasteiger charge is -2.57. The average Bonchev–Trinajstić information content (AvgIpc) is 3.09. The molecule has 5 heteroatoms. The average molecular weight is 357 g/mol. The summed E-state index contributed by atoms with van der Waals surface area (Å²) in [6.07, 6.45) is 14.1. The molecule has 2 heterocycles. The zero-order chi connectivity index (χ0) is 17.7. The van der Waals surface area contributed by atoms with Gasteiger partial charge in [0.05, 0.1) is 0 Å². The normalized spacial score (nSPS) is 38.6. The predicted octanol–water partition coefficient (Wildman–Crippen LogP) is 3.76. The van der Waals surface area contributed by atoms with E-state index in [-0.39, 0.29) is 11.6 Å². The summed E-state index contributed by atoms with van der Waals surface area (Å²) in [5.74, 6) is 4.13. The maximum atomic E-state index is 13.1. The molecular formula is C21H32N4O. The van der Waals surface area contributed by atoms with Crippen molar-refractivity contribution < 1.29 is 4.79 Å². The maximum Gasteiger partial charge on any atom is 0.317 e. The van der Waals surface area contributed by atoms with E-state index in [1.165, 1.54) is 38.5 Å². The lowest BCUT2D eigenvalue weighted by atomic mass is 9.53. The van der Waals surface area contributed by atoms with E-state index < -0.39 is 0 Å². The fourth-order valence-electron chi connectivity index (χ4n) is 6.89. The van der Waals surface area contributed by atoms with Crippen molar-refractivity contribution in [1.29, 1.82) is 0 Å². The predicted molar refractivity (Wildman–Crippen MR) is 101 cm³/mol. The Bertz CT molecular complexity index is 646. The lowest BCUT2D eigenvalue weighted by molar-refractivity contribution is -0.0161. The standard InChI is InChI=1S/C21H32N4O/c1-2-24-7-5-22-19(24)18-4-3-6-25(14-18)20(26)23-21-11-15-8-16(12-21)10-17(9-15)13-21/h5,7,15-18H,2-4,6,8-14H2,1H3,(H,23,26)/t15?,16?,17?,18-,21?/m1/s1. The van der Waals surface area contributed by atoms with Crippen LogP contribution >= 0.6 is 0 Å². The highest BCUT2D eigenvalue weighted by molar-refractivity contribution is 5.75. The van der Waals surface area contributed by atoms with Gasteiger partial charge in [-0.25, -0.2) is 9.78 Å². The summed E-state index contributed by atoms with van der Waals surface area (Å²) in [6, 6.07) is 0.186. The largest absolute Gasteiger partial charge is 0.335 e. The lowest BCUT2D eigenvalue weighted by Crippen LogP contribution is -2.62. The van der Waals surface area contributed by atoms with Crippen molar-refractivity contribution in [1.82, 2.24) is 19.8 Å². The number of imidazole rings is 1. The summed E-state index contributed by atoms with van der Waals surface area (Å²) in [6.45, 7) is 4.81. The number of nitrogens with one attached hydrogen (secondary N) is 1. The van der Waals surface area contributed by atoms with Gasteiger partial charge < -0.3 is 14.8 Å². The van der Waals surface area contributed by atoms with Crippen LogP contribution in [0.5, 0.6) is 0 Å². The number of urea groups is 1. The number of aryl methyl sites for hydroxylation is 1. The van der Waals surface area contributed by atoms with Gasteiger partial charge in [0.1, 0.15) is 5.82 Å². The van der Waals surface area contributed by atoms with Gasteiger partial charge in [-0.3, -0.25) is 0 Å². The van der Waals surface area contributed by atoms with Crippen molar-refractivity contribution in [2.24, 2.45) is 17.8 Å². The van der Waals surface area contributed by atoms with Gasteiger partial charge in [-0.2, -0.15) is 0 Å². The molecule has 0 aromatic carbocycles. The molecule has 1 saturated heterocycles. The smallest absolute Gasteiger partial charge is 0.317 e. The first-order valence-corrected chi connectivity index (χ1v) is 10.7. The molecule has 5 nitrogen and oxygen atoms in total. The third kappa shape index (κ3) is 2.84. The van der Waals surface area contributed by atoms with E-state index >= 15 is 0 Å². The monoisotopic (exact) mass is 356 g/mol. The van der Waals surface area contributed by atoms with Crippen LogP contribution in [0, 0.1) is 17.8 Å². The second-order valence-corrected chi connectivity index (χ2v) is 9.48. The number of carbonyl (C=O) groups excluding carboxylic acids is 1. The van der Waals surface area contributed by atoms with E-state index in [2.05, 4.69) is 32.9 Å². The molecule has 2 amide bonds. The number of aromatic nitrogens is 2. The molecule has 0 radical (unpaired) electrons. The van der Waals surface area contributed by atoms with E-state index in [0.717, 1.165) is 56.1 Å². The van der Waals surface area contributed by atoms with Gasteiger partial charge >= 0.3 is 6.03 Å². The number of hydrogen-bond acceptors (Lipinski definition) is 2. The fourth-order valence-corrected chi connectivity index (χ4v) is 6.89. The van der Waals surface area contributed by atoms with Crippen LogP contribution in [0.3, 0.4) is 0 Å². The first kappa shape index (κ1) is 16.6. The fraction of sp³-hybridized carbons (Fsp3) is 0.810. The number of hydrogen-bond donors (Lipinski definition) is 1. The van der Waals surface area contributed by atoms with Crippen LogP contribution in [0.1, 0.15) is 70.0 Å². The topological polar surface area (TPSA) is 50.2 Å². The molecule has 1 aliphatic heterocycles. The third-order valence-corrected chi connectivity index (χ3v) is 7.57. The molecule has 4 saturated carbocycles. The summed E-state index contributed by atoms with van der Waals surface area (Å²) in [4.78, 5) is 19.8. The Balaban J connectivity index is 1.27. The number of carbonyl (C=O) groups is 1. The maximum absolute atomic E-state index is 13.1. The second kappa shape index (κ2) is 6.28. The van der Waals surface area contributed by atoms with E-state index in [1.54, 1.807) is 0 Å². The summed E-state index contributed by atoms with van der Waals surface area (Å²) in [5, 5.41) is 3.55. The van der Waals surface area contributed by atoms with Crippen LogP contribution in [-0.4, -0.2) is 39.1 Å². The van der Waals surface area contributed by atoms with E-state index in [1.807, 2.05) is 6.20 Å². The highest BCUT2D eigenvalue weighted by atomic mass is 16.2. The number of nitrogens with zero attached hydrogens (tertiary/aromatic N) is 3. The van der Waals surface area contributed by atoms with Gasteiger partial charge in [0, 0.05) is 43.5 Å². The van der Waals surface area contributed by atoms with Gasteiger partial charge in [-0.1, -0.05) is 0 Å². The first-order chi connectivity index (χ1) is 12.6. The van der Waals surface area contributed by atoms with E-state index in [9.17, 15) is 4.79 Å². The molecule has 0 unspecified atom stereocenters. The molecule has 4 aliphatic carbocycles. The molecule has 5 fully saturated rings. The summed E-state index contributed by atoms with van der Waals surface area (Å²) in [5.41, 5.74) is 0.112. The van der Waals surface area contributed by atoms with Crippen molar-refractivity contribution >= 4 is 6.03 Å². The van der Waals surface area contributed by atoms with Crippen molar-refractivity contribution in [2.45, 2.75) is 76.3 Å². The minimum atomic E-state index is 0.112. The molecule has 26 heavy (non-hydrogen) atoms. The summed E-state index contributed by atoms with van der Waals surface area (Å²) < 4.78 is 2.23. The highest BCUT2D eigenvalue weighted by Crippen LogP contribution is 2.55. The van der Waals surface area contributed by atoms with Crippen molar-refractivity contribution in [2.75, 3.05) is 13.1 Å². The molecule has 1 atom stereocenters. The number of rotatable bonds is 3. The Labute approximate surface area is 156 Å². The van der Waals surface area contributed by atoms with Crippen LogP contribution < -0.4 is 5.32 Å². The van der Waals surface area contributed by atoms with Crippen molar-refractivity contribution in [3.63, 3.8) is 0 Å². The van der Waals surface area contributed by atoms with E-state index in [4.69, 9.17) is 0 Å². The molecular weight excluding hydrogens is 324 g/mol. The van der Waals surface area contributed by atoms with Gasteiger partial charge in [0.25, 0.3) is 0 Å². The summed E-state index contributed by atoms with van der Waals surface area (Å²) in [7, 11) is 0. The molecule has 0 spiro atoms. The van der Waals surface area contributed by atoms with Crippen LogP contribution in [0.15, 0.2) is 12.4 Å². The zero-order valence-corrected chi connectivity index (χ0v) is 16.0. The molecule has 142 valence electrons. The van der Waals surface area contributed by atoms with E-state index in [0.29, 0.717) is 5.92 Å². The van der Waals surface area contributed by atoms with Gasteiger partial charge in [-0.15, -0.1) is 0 Å². The minimum absolute atomic E-state index is 0.112. The van der Waals surface area contributed by atoms with Crippen LogP contribution in [0.4, 0.5) is 4.79 Å². The molecule has 1 aromatic rings. The van der Waals surface area contributed by atoms with Gasteiger partial charge in [-0.05, 0) is 76.0 Å². The Morgan fingerprint density at radius 2 is 1.92 bits per heavy atom. The first-order valence-electron chi connectivity index (χ1n) is 10.7. The number of piperidine rings is 1. The highest BCUT2D eigenvalue weighted by Gasteiger charge is 2.52. The zero-order valence-electron chi connectivity index (χ0n) is 16.0. The Kier molecular flexibility index (Phi) is 4.02. The van der Waals surface area contributed by atoms with Crippen LogP contribution in [-0.2, 0) is 6.54 Å². The quantitative estimate of drug-likeness (QED) is 0.896. The Morgan fingerprint density at radius 1 is 1.23 bits per heavy atom. The SMILES string of the molecule is CCn1ccnc1[C@@H]1CCCN(C(=O)NC23CC4CC(CC(C4)C2)C3)C1. The van der Waals surface area contributed by atoms with Crippen LogP contribution in [0.25, 0.3) is 0 Å². The molecule has 5 aliphatic rings. The summed E-state index contributed by atoms with van der Waals surface area (Å²) >= 11 is 0. The molecule has 1 N–H and O–H groups in total.